The average molecular weight is 282 g/mol. The lowest BCUT2D eigenvalue weighted by atomic mass is 10.1. The van der Waals surface area contributed by atoms with E-state index < -0.39 is 11.8 Å². The molecule has 21 heavy (non-hydrogen) atoms. The highest BCUT2D eigenvalue weighted by Gasteiger charge is 2.11. The van der Waals surface area contributed by atoms with Gasteiger partial charge in [-0.15, -0.1) is 0 Å². The van der Waals surface area contributed by atoms with E-state index in [1.54, 1.807) is 10.8 Å². The molecule has 106 valence electrons. The fourth-order valence-electron chi connectivity index (χ4n) is 2.13. The predicted molar refractivity (Wildman–Crippen MR) is 78.8 cm³/mol. The lowest BCUT2D eigenvalue weighted by Crippen LogP contribution is -2.19. The van der Waals surface area contributed by atoms with E-state index in [1.807, 2.05) is 30.3 Å². The highest BCUT2D eigenvalue weighted by Crippen LogP contribution is 2.23. The van der Waals surface area contributed by atoms with Crippen LogP contribution in [-0.2, 0) is 16.1 Å². The third-order valence-corrected chi connectivity index (χ3v) is 3.04. The summed E-state index contributed by atoms with van der Waals surface area (Å²) in [6.45, 7) is 0.0379. The summed E-state index contributed by atoms with van der Waals surface area (Å²) in [5, 5.41) is 12.3. The molecule has 0 aliphatic heterocycles. The second-order valence-electron chi connectivity index (χ2n) is 4.44. The Balaban J connectivity index is 2.59. The predicted octanol–water partition coefficient (Wildman–Crippen LogP) is 0.780. The van der Waals surface area contributed by atoms with Gasteiger partial charge >= 0.3 is 0 Å². The summed E-state index contributed by atoms with van der Waals surface area (Å²) in [4.78, 5) is 22.7. The first-order chi connectivity index (χ1) is 10.1. The van der Waals surface area contributed by atoms with Crippen molar-refractivity contribution in [1.82, 2.24) is 9.88 Å². The Morgan fingerprint density at radius 3 is 2.76 bits per heavy atom. The Bertz CT molecular complexity index is 781. The number of benzene rings is 1. The van der Waals surface area contributed by atoms with Gasteiger partial charge in [-0.05, 0) is 12.1 Å². The molecular weight excluding hydrogens is 268 g/mol. The van der Waals surface area contributed by atoms with Gasteiger partial charge in [0, 0.05) is 29.7 Å². The third-order valence-electron chi connectivity index (χ3n) is 3.04. The molecule has 6 nitrogen and oxygen atoms in total. The van der Waals surface area contributed by atoms with Gasteiger partial charge in [-0.25, -0.2) is 0 Å². The third kappa shape index (κ3) is 2.92. The van der Waals surface area contributed by atoms with Crippen molar-refractivity contribution in [1.29, 1.82) is 5.26 Å². The molecule has 1 heterocycles. The number of primary amides is 1. The molecule has 1 aromatic heterocycles. The maximum Gasteiger partial charge on any atom is 0.261 e. The van der Waals surface area contributed by atoms with Crippen molar-refractivity contribution in [3.05, 3.63) is 41.6 Å². The minimum Gasteiger partial charge on any atom is -0.368 e. The number of para-hydroxylation sites is 1. The lowest BCUT2D eigenvalue weighted by Gasteiger charge is -2.00. The van der Waals surface area contributed by atoms with Crippen LogP contribution in [0.3, 0.4) is 0 Å². The molecule has 0 aliphatic carbocycles. The van der Waals surface area contributed by atoms with Gasteiger partial charge in [0.05, 0.1) is 0 Å². The van der Waals surface area contributed by atoms with Gasteiger partial charge in [0.1, 0.15) is 18.2 Å². The molecule has 1 aromatic carbocycles. The number of nitriles is 1. The van der Waals surface area contributed by atoms with Crippen molar-refractivity contribution < 1.29 is 9.59 Å². The summed E-state index contributed by atoms with van der Waals surface area (Å²) in [5.41, 5.74) is 6.73. The molecule has 6 heteroatoms. The molecule has 0 aliphatic rings. The Hall–Kier alpha value is -3.07. The summed E-state index contributed by atoms with van der Waals surface area (Å²) < 4.78 is 1.70. The van der Waals surface area contributed by atoms with Gasteiger partial charge < -0.3 is 15.6 Å². The number of likely N-dealkylation sites (N-methyl/N-ethyl adjacent to an activating group) is 1. The first kappa shape index (κ1) is 14.3. The van der Waals surface area contributed by atoms with Crippen molar-refractivity contribution in [2.24, 2.45) is 5.73 Å². The van der Waals surface area contributed by atoms with Crippen LogP contribution in [0.1, 0.15) is 5.56 Å². The molecule has 0 saturated heterocycles. The van der Waals surface area contributed by atoms with E-state index in [0.29, 0.717) is 5.56 Å². The largest absolute Gasteiger partial charge is 0.368 e. The SMILES string of the molecule is CNC(=O)/C(C#N)=C\c1cn(CC(N)=O)c2ccccc12. The van der Waals surface area contributed by atoms with E-state index in [9.17, 15) is 9.59 Å². The van der Waals surface area contributed by atoms with Gasteiger partial charge in [-0.3, -0.25) is 9.59 Å². The zero-order chi connectivity index (χ0) is 15.4. The zero-order valence-corrected chi connectivity index (χ0v) is 11.5. The molecular formula is C15H14N4O2. The number of carbonyl (C=O) groups is 2. The molecule has 2 rings (SSSR count). The number of fused-ring (bicyclic) bond motifs is 1. The first-order valence-corrected chi connectivity index (χ1v) is 6.27. The Morgan fingerprint density at radius 2 is 2.14 bits per heavy atom. The number of nitrogens with zero attached hydrogens (tertiary/aromatic N) is 2. The second kappa shape index (κ2) is 5.92. The summed E-state index contributed by atoms with van der Waals surface area (Å²) >= 11 is 0. The first-order valence-electron chi connectivity index (χ1n) is 6.27. The van der Waals surface area contributed by atoms with E-state index in [2.05, 4.69) is 5.32 Å². The molecule has 0 fully saturated rings. The molecule has 0 spiro atoms. The normalized spacial score (nSPS) is 11.1. The molecule has 0 saturated carbocycles. The number of amides is 2. The quantitative estimate of drug-likeness (QED) is 0.640. The number of nitrogens with two attached hydrogens (primary N) is 1. The minimum absolute atomic E-state index is 0.000483. The van der Waals surface area contributed by atoms with Crippen LogP contribution in [0.5, 0.6) is 0 Å². The number of hydrogen-bond donors (Lipinski definition) is 2. The maximum absolute atomic E-state index is 11.6. The smallest absolute Gasteiger partial charge is 0.261 e. The van der Waals surface area contributed by atoms with Crippen LogP contribution in [-0.4, -0.2) is 23.4 Å². The van der Waals surface area contributed by atoms with Crippen LogP contribution in [0.2, 0.25) is 0 Å². The van der Waals surface area contributed by atoms with E-state index in [0.717, 1.165) is 10.9 Å². The van der Waals surface area contributed by atoms with Gasteiger partial charge in [0.2, 0.25) is 5.91 Å². The van der Waals surface area contributed by atoms with E-state index in [4.69, 9.17) is 11.0 Å². The summed E-state index contributed by atoms with van der Waals surface area (Å²) in [7, 11) is 1.46. The number of hydrogen-bond acceptors (Lipinski definition) is 3. The lowest BCUT2D eigenvalue weighted by molar-refractivity contribution is -0.118. The summed E-state index contributed by atoms with van der Waals surface area (Å²) in [6, 6.07) is 9.26. The zero-order valence-electron chi connectivity index (χ0n) is 11.5. The van der Waals surface area contributed by atoms with Gasteiger partial charge in [-0.2, -0.15) is 5.26 Å². The molecule has 3 N–H and O–H groups in total. The Labute approximate surface area is 121 Å². The number of aromatic nitrogens is 1. The molecule has 2 amide bonds. The van der Waals surface area contributed by atoms with Crippen LogP contribution in [0, 0.1) is 11.3 Å². The minimum atomic E-state index is -0.460. The van der Waals surface area contributed by atoms with Gasteiger partial charge in [0.25, 0.3) is 5.91 Å². The fraction of sp³-hybridized carbons (Fsp3) is 0.133. The second-order valence-corrected chi connectivity index (χ2v) is 4.44. The van der Waals surface area contributed by atoms with Crippen molar-refractivity contribution in [2.75, 3.05) is 7.05 Å². The van der Waals surface area contributed by atoms with E-state index >= 15 is 0 Å². The maximum atomic E-state index is 11.6. The highest BCUT2D eigenvalue weighted by molar-refractivity contribution is 6.04. The van der Waals surface area contributed by atoms with Crippen LogP contribution in [0.4, 0.5) is 0 Å². The van der Waals surface area contributed by atoms with Crippen molar-refractivity contribution in [2.45, 2.75) is 6.54 Å². The highest BCUT2D eigenvalue weighted by atomic mass is 16.2. The fourth-order valence-corrected chi connectivity index (χ4v) is 2.13. The van der Waals surface area contributed by atoms with Crippen molar-refractivity contribution >= 4 is 28.8 Å². The van der Waals surface area contributed by atoms with Gasteiger partial charge in [-0.1, -0.05) is 18.2 Å². The van der Waals surface area contributed by atoms with E-state index in [-0.39, 0.29) is 12.1 Å². The van der Waals surface area contributed by atoms with Crippen LogP contribution < -0.4 is 11.1 Å². The number of carbonyl (C=O) groups excluding carboxylic acids is 2. The van der Waals surface area contributed by atoms with Crippen LogP contribution in [0.25, 0.3) is 17.0 Å². The Morgan fingerprint density at radius 1 is 1.43 bits per heavy atom. The molecule has 0 atom stereocenters. The average Bonchev–Trinajstić information content (AvgIpc) is 2.81. The topological polar surface area (TPSA) is 101 Å². The molecule has 0 unspecified atom stereocenters. The van der Waals surface area contributed by atoms with Crippen molar-refractivity contribution in [3.63, 3.8) is 0 Å². The number of rotatable bonds is 4. The molecule has 0 bridgehead atoms. The standard InChI is InChI=1S/C15H14N4O2/c1-18-15(21)10(7-16)6-11-8-19(9-14(17)20)13-5-3-2-4-12(11)13/h2-6,8H,9H2,1H3,(H2,17,20)(H,18,21)/b10-6-. The van der Waals surface area contributed by atoms with E-state index in [1.165, 1.54) is 13.1 Å². The summed E-state index contributed by atoms with van der Waals surface area (Å²) in [6.07, 6.45) is 3.20. The number of nitrogens with one attached hydrogen (secondary N) is 1. The molecule has 0 radical (unpaired) electrons. The monoisotopic (exact) mass is 282 g/mol. The molecule has 2 aromatic rings. The van der Waals surface area contributed by atoms with Gasteiger partial charge in [0.15, 0.2) is 0 Å². The van der Waals surface area contributed by atoms with Crippen LogP contribution in [0.15, 0.2) is 36.0 Å². The van der Waals surface area contributed by atoms with Crippen LogP contribution >= 0.6 is 0 Å². The van der Waals surface area contributed by atoms with Crippen molar-refractivity contribution in [3.8, 4) is 6.07 Å². The Kier molecular flexibility index (Phi) is 4.05. The summed E-state index contributed by atoms with van der Waals surface area (Å²) in [5.74, 6) is -0.915.